The van der Waals surface area contributed by atoms with Gasteiger partial charge in [0.25, 0.3) is 5.91 Å². The van der Waals surface area contributed by atoms with Crippen LogP contribution in [-0.4, -0.2) is 18.7 Å². The van der Waals surface area contributed by atoms with E-state index in [1.54, 1.807) is 60.7 Å². The molecule has 0 aliphatic heterocycles. The predicted molar refractivity (Wildman–Crippen MR) is 119 cm³/mol. The first-order chi connectivity index (χ1) is 14.5. The van der Waals surface area contributed by atoms with E-state index in [1.165, 1.54) is 12.3 Å². The van der Waals surface area contributed by atoms with Crippen molar-refractivity contribution >= 4 is 45.3 Å². The van der Waals surface area contributed by atoms with Crippen LogP contribution in [0.1, 0.15) is 11.1 Å². The van der Waals surface area contributed by atoms with E-state index in [1.807, 2.05) is 0 Å². The lowest BCUT2D eigenvalue weighted by atomic mass is 10.2. The van der Waals surface area contributed by atoms with E-state index in [0.29, 0.717) is 27.6 Å². The summed E-state index contributed by atoms with van der Waals surface area (Å²) < 4.78 is 20.3. The van der Waals surface area contributed by atoms with Crippen molar-refractivity contribution in [2.24, 2.45) is 5.16 Å². The topological polar surface area (TPSA) is 59.9 Å². The molecular weight excluding hydrogens is 475 g/mol. The second-order valence-corrected chi connectivity index (χ2v) is 7.48. The van der Waals surface area contributed by atoms with E-state index in [2.05, 4.69) is 26.4 Å². The van der Waals surface area contributed by atoms with Gasteiger partial charge in [-0.2, -0.15) is 0 Å². The average molecular weight is 492 g/mol. The number of benzene rings is 3. The molecule has 0 radical (unpaired) electrons. The summed E-state index contributed by atoms with van der Waals surface area (Å²) in [6.07, 6.45) is 1.43. The summed E-state index contributed by atoms with van der Waals surface area (Å²) in [4.78, 5) is 17.0. The minimum atomic E-state index is -0.361. The number of amides is 1. The minimum absolute atomic E-state index is 0.0689. The third-order valence-corrected chi connectivity index (χ3v) is 4.65. The van der Waals surface area contributed by atoms with Crippen molar-refractivity contribution in [3.05, 3.63) is 93.2 Å². The minimum Gasteiger partial charge on any atom is -0.488 e. The van der Waals surface area contributed by atoms with Crippen molar-refractivity contribution in [2.75, 3.05) is 11.9 Å². The predicted octanol–water partition coefficient (Wildman–Crippen LogP) is 5.81. The number of rotatable bonds is 8. The molecule has 3 aromatic carbocycles. The summed E-state index contributed by atoms with van der Waals surface area (Å²) in [6, 6.07) is 18.4. The van der Waals surface area contributed by atoms with Crippen LogP contribution in [0.15, 0.2) is 76.4 Å². The fourth-order valence-electron chi connectivity index (χ4n) is 2.44. The normalized spacial score (nSPS) is 10.8. The van der Waals surface area contributed by atoms with Gasteiger partial charge in [0.2, 0.25) is 0 Å². The number of anilines is 1. The number of nitrogens with zero attached hydrogens (tertiary/aromatic N) is 1. The molecule has 0 spiro atoms. The van der Waals surface area contributed by atoms with Gasteiger partial charge in [0.15, 0.2) is 6.61 Å². The number of hydrogen-bond acceptors (Lipinski definition) is 4. The first kappa shape index (κ1) is 21.8. The molecule has 0 atom stereocenters. The van der Waals surface area contributed by atoms with Crippen LogP contribution in [0.2, 0.25) is 5.02 Å². The zero-order valence-electron chi connectivity index (χ0n) is 15.6. The van der Waals surface area contributed by atoms with Crippen LogP contribution in [0.3, 0.4) is 0 Å². The number of nitrogens with one attached hydrogen (secondary N) is 1. The number of carbonyl (C=O) groups excluding carboxylic acids is 1. The molecule has 0 aliphatic carbocycles. The van der Waals surface area contributed by atoms with Gasteiger partial charge >= 0.3 is 0 Å². The molecule has 0 fully saturated rings. The van der Waals surface area contributed by atoms with Gasteiger partial charge in [-0.3, -0.25) is 4.79 Å². The Hall–Kier alpha value is -2.90. The van der Waals surface area contributed by atoms with Crippen molar-refractivity contribution in [3.63, 3.8) is 0 Å². The third-order valence-electron chi connectivity index (χ3n) is 3.90. The van der Waals surface area contributed by atoms with Gasteiger partial charge in [-0.25, -0.2) is 4.39 Å². The summed E-state index contributed by atoms with van der Waals surface area (Å²) in [5, 5.41) is 7.08. The molecule has 0 aliphatic rings. The summed E-state index contributed by atoms with van der Waals surface area (Å²) >= 11 is 9.20. The molecule has 0 heterocycles. The Morgan fingerprint density at radius 3 is 2.67 bits per heavy atom. The maximum Gasteiger partial charge on any atom is 0.265 e. The molecule has 0 aromatic heterocycles. The smallest absolute Gasteiger partial charge is 0.265 e. The molecule has 0 saturated heterocycles. The molecule has 8 heteroatoms. The van der Waals surface area contributed by atoms with Crippen LogP contribution < -0.4 is 10.1 Å². The monoisotopic (exact) mass is 490 g/mol. The van der Waals surface area contributed by atoms with E-state index in [0.717, 1.165) is 4.47 Å². The van der Waals surface area contributed by atoms with E-state index >= 15 is 0 Å². The number of oxime groups is 1. The lowest BCUT2D eigenvalue weighted by Gasteiger charge is -2.10. The number of carbonyl (C=O) groups is 1. The van der Waals surface area contributed by atoms with Gasteiger partial charge in [0.1, 0.15) is 18.2 Å². The highest BCUT2D eigenvalue weighted by Gasteiger charge is 2.07. The van der Waals surface area contributed by atoms with Crippen LogP contribution in [0.4, 0.5) is 10.1 Å². The van der Waals surface area contributed by atoms with E-state index in [4.69, 9.17) is 21.2 Å². The quantitative estimate of drug-likeness (QED) is 0.319. The molecule has 1 amide bonds. The highest BCUT2D eigenvalue weighted by molar-refractivity contribution is 9.10. The summed E-state index contributed by atoms with van der Waals surface area (Å²) in [5.74, 6) is -0.195. The van der Waals surface area contributed by atoms with Crippen LogP contribution >= 0.6 is 27.5 Å². The van der Waals surface area contributed by atoms with Crippen LogP contribution in [0, 0.1) is 5.82 Å². The van der Waals surface area contributed by atoms with Crippen molar-refractivity contribution in [3.8, 4) is 5.75 Å². The Labute approximate surface area is 186 Å². The molecule has 3 aromatic rings. The Bertz CT molecular complexity index is 1040. The van der Waals surface area contributed by atoms with Gasteiger partial charge in [-0.05, 0) is 48.5 Å². The summed E-state index contributed by atoms with van der Waals surface area (Å²) in [5.41, 5.74) is 1.66. The fourth-order valence-corrected chi connectivity index (χ4v) is 2.95. The van der Waals surface area contributed by atoms with Crippen molar-refractivity contribution in [2.45, 2.75) is 6.61 Å². The van der Waals surface area contributed by atoms with Gasteiger partial charge < -0.3 is 14.9 Å². The first-order valence-corrected chi connectivity index (χ1v) is 10.0. The molecule has 1 N–H and O–H groups in total. The Morgan fingerprint density at radius 1 is 1.13 bits per heavy atom. The van der Waals surface area contributed by atoms with Crippen LogP contribution in [0.25, 0.3) is 0 Å². The SMILES string of the molecule is O=C(CON=Cc1cc(Br)ccc1OCc1ccccc1F)Nc1ccc(Cl)cc1. The van der Waals surface area contributed by atoms with E-state index < -0.39 is 0 Å². The van der Waals surface area contributed by atoms with Crippen molar-refractivity contribution in [1.29, 1.82) is 0 Å². The lowest BCUT2D eigenvalue weighted by molar-refractivity contribution is -0.120. The third kappa shape index (κ3) is 6.57. The number of hydrogen-bond donors (Lipinski definition) is 1. The van der Waals surface area contributed by atoms with E-state index in [-0.39, 0.29) is 24.9 Å². The van der Waals surface area contributed by atoms with Gasteiger partial charge in [0.05, 0.1) is 6.21 Å². The second-order valence-electron chi connectivity index (χ2n) is 6.13. The molecular formula is C22H17BrClFN2O3. The summed E-state index contributed by atoms with van der Waals surface area (Å²) in [7, 11) is 0. The fraction of sp³-hybridized carbons (Fsp3) is 0.0909. The standard InChI is InChI=1S/C22H17BrClFN2O3/c23-17-5-10-21(29-13-15-3-1-2-4-20(15)25)16(11-17)12-26-30-14-22(28)27-19-8-6-18(24)7-9-19/h1-12H,13-14H2,(H,27,28). The average Bonchev–Trinajstić information content (AvgIpc) is 2.73. The number of ether oxygens (including phenoxy) is 1. The first-order valence-electron chi connectivity index (χ1n) is 8.88. The van der Waals surface area contributed by atoms with Crippen molar-refractivity contribution in [1.82, 2.24) is 0 Å². The molecule has 154 valence electrons. The number of halogens is 3. The van der Waals surface area contributed by atoms with E-state index in [9.17, 15) is 9.18 Å². The highest BCUT2D eigenvalue weighted by Crippen LogP contribution is 2.23. The van der Waals surface area contributed by atoms with Crippen LogP contribution in [0.5, 0.6) is 5.75 Å². The van der Waals surface area contributed by atoms with Gasteiger partial charge in [0, 0.05) is 26.3 Å². The van der Waals surface area contributed by atoms with Crippen LogP contribution in [-0.2, 0) is 16.2 Å². The lowest BCUT2D eigenvalue weighted by Crippen LogP contribution is -2.16. The highest BCUT2D eigenvalue weighted by atomic mass is 79.9. The van der Waals surface area contributed by atoms with Gasteiger partial charge in [-0.15, -0.1) is 0 Å². The Kier molecular flexibility index (Phi) is 7.82. The molecule has 5 nitrogen and oxygen atoms in total. The molecule has 30 heavy (non-hydrogen) atoms. The Balaban J connectivity index is 1.56. The molecule has 3 rings (SSSR count). The second kappa shape index (κ2) is 10.8. The summed E-state index contributed by atoms with van der Waals surface area (Å²) in [6.45, 7) is -0.196. The van der Waals surface area contributed by atoms with Crippen molar-refractivity contribution < 1.29 is 18.8 Å². The molecule has 0 unspecified atom stereocenters. The maximum absolute atomic E-state index is 13.8. The maximum atomic E-state index is 13.8. The molecule has 0 bridgehead atoms. The zero-order valence-corrected chi connectivity index (χ0v) is 18.0. The largest absolute Gasteiger partial charge is 0.488 e. The zero-order chi connectivity index (χ0) is 21.3. The molecule has 0 saturated carbocycles. The van der Waals surface area contributed by atoms with Gasteiger partial charge in [-0.1, -0.05) is 50.9 Å². The Morgan fingerprint density at radius 2 is 1.90 bits per heavy atom.